The Bertz CT molecular complexity index is 889. The Kier molecular flexibility index (Phi) is 5.69. The molecule has 0 unspecified atom stereocenters. The van der Waals surface area contributed by atoms with Crippen molar-refractivity contribution < 1.29 is 9.53 Å². The summed E-state index contributed by atoms with van der Waals surface area (Å²) in [7, 11) is 0. The summed E-state index contributed by atoms with van der Waals surface area (Å²) in [5.41, 5.74) is 2.63. The van der Waals surface area contributed by atoms with Crippen molar-refractivity contribution in [2.75, 3.05) is 0 Å². The number of carbonyl (C=O) groups excluding carboxylic acids is 1. The molecule has 3 rings (SSSR count). The van der Waals surface area contributed by atoms with E-state index in [1.165, 1.54) is 11.8 Å². The number of thioether (sulfide) groups is 1. The van der Waals surface area contributed by atoms with Crippen molar-refractivity contribution in [1.82, 2.24) is 5.32 Å². The Morgan fingerprint density at radius 3 is 2.58 bits per heavy atom. The zero-order valence-electron chi connectivity index (χ0n) is 14.7. The fraction of sp³-hybridized carbons (Fsp3) is 0.200. The molecule has 134 valence electrons. The van der Waals surface area contributed by atoms with Gasteiger partial charge < -0.3 is 10.1 Å². The van der Waals surface area contributed by atoms with Gasteiger partial charge in [-0.3, -0.25) is 4.79 Å². The number of hydrogen-bond acceptors (Lipinski definition) is 4. The van der Waals surface area contributed by atoms with E-state index in [2.05, 4.69) is 10.3 Å². The van der Waals surface area contributed by atoms with Gasteiger partial charge in [0.1, 0.15) is 5.75 Å². The largest absolute Gasteiger partial charge is 0.491 e. The zero-order chi connectivity index (χ0) is 18.7. The van der Waals surface area contributed by atoms with Crippen molar-refractivity contribution in [3.63, 3.8) is 0 Å². The third-order valence-corrected chi connectivity index (χ3v) is 4.90. The number of halogens is 1. The van der Waals surface area contributed by atoms with E-state index in [0.717, 1.165) is 16.9 Å². The van der Waals surface area contributed by atoms with Crippen LogP contribution in [-0.2, 0) is 4.79 Å². The molecule has 0 aliphatic carbocycles. The molecular weight excluding hydrogens is 368 g/mol. The van der Waals surface area contributed by atoms with E-state index in [1.807, 2.05) is 63.2 Å². The van der Waals surface area contributed by atoms with Crippen LogP contribution in [0.25, 0.3) is 6.08 Å². The molecule has 1 aliphatic rings. The number of rotatable bonds is 4. The molecule has 0 spiro atoms. The van der Waals surface area contributed by atoms with Crippen molar-refractivity contribution in [2.45, 2.75) is 26.9 Å². The number of hydrogen-bond donors (Lipinski definition) is 1. The molecule has 1 fully saturated rings. The van der Waals surface area contributed by atoms with Crippen LogP contribution in [0.15, 0.2) is 52.4 Å². The van der Waals surface area contributed by atoms with E-state index < -0.39 is 0 Å². The number of aliphatic imine (C=N–C) groups is 1. The average molecular weight is 387 g/mol. The molecule has 1 N–H and O–H groups in total. The van der Waals surface area contributed by atoms with Crippen LogP contribution in [0.5, 0.6) is 5.75 Å². The van der Waals surface area contributed by atoms with Crippen molar-refractivity contribution in [3.8, 4) is 5.75 Å². The lowest BCUT2D eigenvalue weighted by Crippen LogP contribution is -2.19. The maximum atomic E-state index is 12.2. The van der Waals surface area contributed by atoms with Crippen LogP contribution in [0.3, 0.4) is 0 Å². The minimum atomic E-state index is -0.158. The molecule has 1 saturated heterocycles. The predicted octanol–water partition coefficient (Wildman–Crippen LogP) is 5.33. The van der Waals surface area contributed by atoms with Crippen molar-refractivity contribution in [2.24, 2.45) is 4.99 Å². The van der Waals surface area contributed by atoms with Crippen molar-refractivity contribution >= 4 is 46.2 Å². The molecule has 0 saturated carbocycles. The smallest absolute Gasteiger partial charge is 0.264 e. The lowest BCUT2D eigenvalue weighted by Gasteiger charge is -2.09. The number of amides is 1. The Balaban J connectivity index is 1.75. The summed E-state index contributed by atoms with van der Waals surface area (Å²) in [6.07, 6.45) is 1.97. The maximum Gasteiger partial charge on any atom is 0.264 e. The van der Waals surface area contributed by atoms with Crippen LogP contribution in [0.2, 0.25) is 5.02 Å². The number of ether oxygens (including phenoxy) is 1. The molecule has 0 radical (unpaired) electrons. The molecule has 0 bridgehead atoms. The minimum Gasteiger partial charge on any atom is -0.491 e. The molecule has 4 nitrogen and oxygen atoms in total. The second kappa shape index (κ2) is 7.98. The third kappa shape index (κ3) is 4.68. The van der Waals surface area contributed by atoms with Crippen LogP contribution in [-0.4, -0.2) is 17.2 Å². The molecule has 1 heterocycles. The molecule has 26 heavy (non-hydrogen) atoms. The monoisotopic (exact) mass is 386 g/mol. The van der Waals surface area contributed by atoms with Crippen LogP contribution < -0.4 is 10.1 Å². The highest BCUT2D eigenvalue weighted by atomic mass is 35.5. The summed E-state index contributed by atoms with van der Waals surface area (Å²) < 4.78 is 5.63. The van der Waals surface area contributed by atoms with Gasteiger partial charge in [0.05, 0.1) is 16.7 Å². The topological polar surface area (TPSA) is 50.7 Å². The molecule has 2 aromatic rings. The van der Waals surface area contributed by atoms with E-state index in [9.17, 15) is 4.79 Å². The summed E-state index contributed by atoms with van der Waals surface area (Å²) >= 11 is 7.43. The van der Waals surface area contributed by atoms with E-state index in [0.29, 0.717) is 20.8 Å². The lowest BCUT2D eigenvalue weighted by atomic mass is 10.2. The highest BCUT2D eigenvalue weighted by molar-refractivity contribution is 8.18. The third-order valence-electron chi connectivity index (χ3n) is 3.59. The first-order valence-corrected chi connectivity index (χ1v) is 9.42. The summed E-state index contributed by atoms with van der Waals surface area (Å²) in [5.74, 6) is 0.652. The summed E-state index contributed by atoms with van der Waals surface area (Å²) in [6, 6.07) is 13.2. The Hall–Kier alpha value is -2.24. The zero-order valence-corrected chi connectivity index (χ0v) is 16.3. The molecular formula is C20H19ClN2O2S. The van der Waals surface area contributed by atoms with Crippen LogP contribution in [0.1, 0.15) is 25.0 Å². The molecule has 2 aromatic carbocycles. The van der Waals surface area contributed by atoms with E-state index in [-0.39, 0.29) is 12.0 Å². The molecule has 6 heteroatoms. The highest BCUT2D eigenvalue weighted by Crippen LogP contribution is 2.29. The predicted molar refractivity (Wildman–Crippen MR) is 109 cm³/mol. The fourth-order valence-corrected chi connectivity index (χ4v) is 3.33. The molecule has 1 aliphatic heterocycles. The van der Waals surface area contributed by atoms with Gasteiger partial charge in [-0.15, -0.1) is 0 Å². The first-order valence-electron chi connectivity index (χ1n) is 8.23. The van der Waals surface area contributed by atoms with Crippen LogP contribution in [0.4, 0.5) is 5.69 Å². The van der Waals surface area contributed by atoms with Crippen molar-refractivity contribution in [1.29, 1.82) is 0 Å². The first kappa shape index (κ1) is 18.5. The first-order chi connectivity index (χ1) is 12.4. The second-order valence-electron chi connectivity index (χ2n) is 6.15. The summed E-state index contributed by atoms with van der Waals surface area (Å²) in [5, 5.41) is 3.98. The number of benzene rings is 2. The van der Waals surface area contributed by atoms with E-state index in [4.69, 9.17) is 16.3 Å². The molecule has 0 atom stereocenters. The SMILES string of the molecule is Cc1ccc(N=C2NC(=O)C(=Cc3ccc(OC(C)C)cc3)S2)cc1Cl. The number of nitrogens with one attached hydrogen (secondary N) is 1. The Morgan fingerprint density at radius 2 is 1.92 bits per heavy atom. The maximum absolute atomic E-state index is 12.2. The van der Waals surface area contributed by atoms with Gasteiger partial charge in [0.2, 0.25) is 0 Å². The lowest BCUT2D eigenvalue weighted by molar-refractivity contribution is -0.115. The second-order valence-corrected chi connectivity index (χ2v) is 7.59. The normalized spacial score (nSPS) is 17.2. The standard InChI is InChI=1S/C20H19ClN2O2S/c1-12(2)25-16-8-5-14(6-9-16)10-18-19(24)23-20(26-18)22-15-7-4-13(3)17(21)11-15/h4-12H,1-3H3,(H,22,23,24). The highest BCUT2D eigenvalue weighted by Gasteiger charge is 2.23. The van der Waals surface area contributed by atoms with Crippen LogP contribution in [0, 0.1) is 6.92 Å². The van der Waals surface area contributed by atoms with E-state index >= 15 is 0 Å². The Labute approximate surface area is 162 Å². The number of carbonyl (C=O) groups is 1. The number of amidine groups is 1. The van der Waals surface area contributed by atoms with Gasteiger partial charge in [0.15, 0.2) is 5.17 Å². The molecule has 1 amide bonds. The van der Waals surface area contributed by atoms with Gasteiger partial charge in [-0.2, -0.15) is 0 Å². The number of aryl methyl sites for hydroxylation is 1. The fourth-order valence-electron chi connectivity index (χ4n) is 2.32. The van der Waals surface area contributed by atoms with Crippen molar-refractivity contribution in [3.05, 3.63) is 63.5 Å². The van der Waals surface area contributed by atoms with Gasteiger partial charge in [0.25, 0.3) is 5.91 Å². The van der Waals surface area contributed by atoms with Gasteiger partial charge in [-0.05, 0) is 74.0 Å². The van der Waals surface area contributed by atoms with E-state index in [1.54, 1.807) is 6.07 Å². The van der Waals surface area contributed by atoms with Gasteiger partial charge in [-0.1, -0.05) is 29.8 Å². The summed E-state index contributed by atoms with van der Waals surface area (Å²) in [6.45, 7) is 5.90. The molecule has 0 aromatic heterocycles. The van der Waals surface area contributed by atoms with Crippen LogP contribution >= 0.6 is 23.4 Å². The van der Waals surface area contributed by atoms with Gasteiger partial charge in [0, 0.05) is 5.02 Å². The van der Waals surface area contributed by atoms with Gasteiger partial charge >= 0.3 is 0 Å². The summed E-state index contributed by atoms with van der Waals surface area (Å²) in [4.78, 5) is 17.2. The minimum absolute atomic E-state index is 0.129. The average Bonchev–Trinajstić information content (AvgIpc) is 2.92. The quantitative estimate of drug-likeness (QED) is 0.723. The van der Waals surface area contributed by atoms with Gasteiger partial charge in [-0.25, -0.2) is 4.99 Å². The number of nitrogens with zero attached hydrogens (tertiary/aromatic N) is 1. The Morgan fingerprint density at radius 1 is 1.19 bits per heavy atom.